The van der Waals surface area contributed by atoms with E-state index in [0.717, 1.165) is 35.6 Å². The van der Waals surface area contributed by atoms with E-state index in [4.69, 9.17) is 4.98 Å². The average molecular weight is 498 g/mol. The molecule has 10 heteroatoms. The van der Waals surface area contributed by atoms with Gasteiger partial charge in [-0.1, -0.05) is 24.2 Å². The summed E-state index contributed by atoms with van der Waals surface area (Å²) >= 11 is 1.49. The third-order valence-electron chi connectivity index (χ3n) is 6.24. The first-order valence-corrected chi connectivity index (χ1v) is 13.9. The summed E-state index contributed by atoms with van der Waals surface area (Å²) in [6.07, 6.45) is 2.88. The lowest BCUT2D eigenvalue weighted by Crippen LogP contribution is -2.35. The number of thioether (sulfide) groups is 1. The lowest BCUT2D eigenvalue weighted by atomic mass is 10.2. The minimum Gasteiger partial charge on any atom is -0.319 e. The van der Waals surface area contributed by atoms with Crippen LogP contribution in [0.3, 0.4) is 0 Å². The fourth-order valence-electron chi connectivity index (χ4n) is 4.49. The van der Waals surface area contributed by atoms with E-state index in [-0.39, 0.29) is 5.56 Å². The number of nitrogens with zero attached hydrogens (tertiary/aromatic N) is 5. The predicted octanol–water partition coefficient (Wildman–Crippen LogP) is 3.84. The van der Waals surface area contributed by atoms with Crippen LogP contribution in [0.15, 0.2) is 57.3 Å². The second-order valence-electron chi connectivity index (χ2n) is 8.49. The molecule has 1 saturated heterocycles. The molecule has 4 heterocycles. The van der Waals surface area contributed by atoms with Crippen molar-refractivity contribution in [2.24, 2.45) is 0 Å². The van der Waals surface area contributed by atoms with Crippen molar-refractivity contribution in [3.05, 3.63) is 64.2 Å². The van der Waals surface area contributed by atoms with Gasteiger partial charge in [-0.3, -0.25) is 9.20 Å². The SMILES string of the molecule is CCn1c(SCc2cc(=O)n3c(C)cccc3n2)nc2cc(S(=O)(=O)N3CCCCC3)ccc21. The van der Waals surface area contributed by atoms with Crippen molar-refractivity contribution in [3.63, 3.8) is 0 Å². The van der Waals surface area contributed by atoms with Crippen molar-refractivity contribution in [3.8, 4) is 0 Å². The van der Waals surface area contributed by atoms with Crippen LogP contribution in [0.2, 0.25) is 0 Å². The van der Waals surface area contributed by atoms with Gasteiger partial charge < -0.3 is 4.57 Å². The number of sulfonamides is 1. The van der Waals surface area contributed by atoms with Crippen molar-refractivity contribution in [1.82, 2.24) is 23.2 Å². The number of imidazole rings is 1. The Morgan fingerprint density at radius 3 is 2.59 bits per heavy atom. The number of piperidine rings is 1. The number of pyridine rings is 1. The molecule has 0 spiro atoms. The summed E-state index contributed by atoms with van der Waals surface area (Å²) in [5, 5.41) is 0.774. The molecule has 1 fully saturated rings. The van der Waals surface area contributed by atoms with Crippen molar-refractivity contribution in [1.29, 1.82) is 0 Å². The fourth-order valence-corrected chi connectivity index (χ4v) is 7.00. The van der Waals surface area contributed by atoms with Crippen LogP contribution in [0.4, 0.5) is 0 Å². The number of hydrogen-bond acceptors (Lipinski definition) is 6. The highest BCUT2D eigenvalue weighted by molar-refractivity contribution is 7.98. The van der Waals surface area contributed by atoms with E-state index in [0.29, 0.717) is 47.1 Å². The molecule has 1 aliphatic rings. The average Bonchev–Trinajstić information content (AvgIpc) is 3.20. The third-order valence-corrected chi connectivity index (χ3v) is 9.14. The summed E-state index contributed by atoms with van der Waals surface area (Å²) in [6, 6.07) is 12.4. The van der Waals surface area contributed by atoms with Crippen LogP contribution in [0.5, 0.6) is 0 Å². The molecule has 0 radical (unpaired) electrons. The van der Waals surface area contributed by atoms with E-state index in [9.17, 15) is 13.2 Å². The van der Waals surface area contributed by atoms with Gasteiger partial charge in [0.2, 0.25) is 10.0 Å². The van der Waals surface area contributed by atoms with E-state index >= 15 is 0 Å². The molecule has 178 valence electrons. The van der Waals surface area contributed by atoms with Gasteiger partial charge in [0, 0.05) is 37.1 Å². The Balaban J connectivity index is 1.45. The third kappa shape index (κ3) is 4.14. The number of fused-ring (bicyclic) bond motifs is 2. The van der Waals surface area contributed by atoms with Crippen molar-refractivity contribution >= 4 is 38.5 Å². The zero-order chi connectivity index (χ0) is 23.9. The second kappa shape index (κ2) is 9.16. The molecule has 3 aromatic heterocycles. The van der Waals surface area contributed by atoms with Crippen molar-refractivity contribution < 1.29 is 8.42 Å². The number of aromatic nitrogens is 4. The van der Waals surface area contributed by atoms with Crippen LogP contribution in [-0.2, 0) is 22.3 Å². The Morgan fingerprint density at radius 1 is 1.03 bits per heavy atom. The highest BCUT2D eigenvalue weighted by atomic mass is 32.2. The number of benzene rings is 1. The summed E-state index contributed by atoms with van der Waals surface area (Å²) in [6.45, 7) is 5.76. The Labute approximate surface area is 202 Å². The Bertz CT molecular complexity index is 1540. The maximum Gasteiger partial charge on any atom is 0.258 e. The zero-order valence-corrected chi connectivity index (χ0v) is 20.9. The molecule has 1 aliphatic heterocycles. The summed E-state index contributed by atoms with van der Waals surface area (Å²) in [4.78, 5) is 22.3. The van der Waals surface area contributed by atoms with Crippen LogP contribution in [-0.4, -0.2) is 44.7 Å². The molecular formula is C24H27N5O3S2. The highest BCUT2D eigenvalue weighted by Crippen LogP contribution is 2.29. The fraction of sp³-hybridized carbons (Fsp3) is 0.375. The molecule has 34 heavy (non-hydrogen) atoms. The number of rotatable bonds is 6. The van der Waals surface area contributed by atoms with E-state index in [1.807, 2.05) is 38.1 Å². The smallest absolute Gasteiger partial charge is 0.258 e. The van der Waals surface area contributed by atoms with Gasteiger partial charge >= 0.3 is 0 Å². The van der Waals surface area contributed by atoms with Gasteiger partial charge in [-0.05, 0) is 57.0 Å². The van der Waals surface area contributed by atoms with E-state index < -0.39 is 10.0 Å². The van der Waals surface area contributed by atoms with Crippen molar-refractivity contribution in [2.75, 3.05) is 13.1 Å². The molecule has 0 unspecified atom stereocenters. The van der Waals surface area contributed by atoms with Gasteiger partial charge in [0.05, 0.1) is 21.6 Å². The monoisotopic (exact) mass is 497 g/mol. The Kier molecular flexibility index (Phi) is 6.22. The zero-order valence-electron chi connectivity index (χ0n) is 19.3. The van der Waals surface area contributed by atoms with Crippen molar-refractivity contribution in [2.45, 2.75) is 55.5 Å². The van der Waals surface area contributed by atoms with E-state index in [1.54, 1.807) is 26.9 Å². The van der Waals surface area contributed by atoms with Gasteiger partial charge in [-0.2, -0.15) is 4.31 Å². The standard InChI is InChI=1S/C24H27N5O3S2/c1-3-28-21-11-10-19(34(31,32)27-12-5-4-6-13-27)15-20(21)26-24(28)33-16-18-14-23(30)29-17(2)8-7-9-22(29)25-18/h7-11,14-15H,3-6,12-13,16H2,1-2H3. The van der Waals surface area contributed by atoms with Gasteiger partial charge in [0.1, 0.15) is 5.65 Å². The van der Waals surface area contributed by atoms with E-state index in [2.05, 4.69) is 9.55 Å². The molecule has 4 aromatic rings. The lowest BCUT2D eigenvalue weighted by Gasteiger charge is -2.25. The second-order valence-corrected chi connectivity index (χ2v) is 11.4. The molecule has 0 amide bonds. The van der Waals surface area contributed by atoms with Gasteiger partial charge in [-0.15, -0.1) is 0 Å². The van der Waals surface area contributed by atoms with Crippen LogP contribution in [0.25, 0.3) is 16.7 Å². The minimum absolute atomic E-state index is 0.102. The van der Waals surface area contributed by atoms with Crippen LogP contribution in [0.1, 0.15) is 37.6 Å². The molecule has 0 atom stereocenters. The first-order valence-electron chi connectivity index (χ1n) is 11.5. The topological polar surface area (TPSA) is 89.6 Å². The van der Waals surface area contributed by atoms with Crippen LogP contribution < -0.4 is 5.56 Å². The Hall–Kier alpha value is -2.69. The molecule has 0 bridgehead atoms. The molecule has 0 aliphatic carbocycles. The number of hydrogen-bond donors (Lipinski definition) is 0. The maximum atomic E-state index is 13.1. The maximum absolute atomic E-state index is 13.1. The Morgan fingerprint density at radius 2 is 1.82 bits per heavy atom. The lowest BCUT2D eigenvalue weighted by molar-refractivity contribution is 0.346. The molecule has 5 rings (SSSR count). The first kappa shape index (κ1) is 23.1. The summed E-state index contributed by atoms with van der Waals surface area (Å²) in [7, 11) is -3.52. The van der Waals surface area contributed by atoms with Crippen LogP contribution in [0, 0.1) is 6.92 Å². The normalized spacial score (nSPS) is 15.4. The van der Waals surface area contributed by atoms with Gasteiger partial charge in [0.15, 0.2) is 5.16 Å². The summed E-state index contributed by atoms with van der Waals surface area (Å²) < 4.78 is 31.5. The minimum atomic E-state index is -3.52. The highest BCUT2D eigenvalue weighted by Gasteiger charge is 2.26. The molecular weight excluding hydrogens is 470 g/mol. The first-order chi connectivity index (χ1) is 16.4. The molecule has 0 saturated carbocycles. The largest absolute Gasteiger partial charge is 0.319 e. The predicted molar refractivity (Wildman–Crippen MR) is 134 cm³/mol. The van der Waals surface area contributed by atoms with Crippen LogP contribution >= 0.6 is 11.8 Å². The number of aryl methyl sites for hydroxylation is 2. The molecule has 8 nitrogen and oxygen atoms in total. The summed E-state index contributed by atoms with van der Waals surface area (Å²) in [5.74, 6) is 0.488. The molecule has 1 aromatic carbocycles. The summed E-state index contributed by atoms with van der Waals surface area (Å²) in [5.41, 5.74) is 3.60. The van der Waals surface area contributed by atoms with Gasteiger partial charge in [0.25, 0.3) is 5.56 Å². The van der Waals surface area contributed by atoms with E-state index in [1.165, 1.54) is 11.8 Å². The molecule has 0 N–H and O–H groups in total. The quantitative estimate of drug-likeness (QED) is 0.376. The van der Waals surface area contributed by atoms with Gasteiger partial charge in [-0.25, -0.2) is 18.4 Å².